The van der Waals surface area contributed by atoms with Crippen molar-refractivity contribution in [3.8, 4) is 11.5 Å². The van der Waals surface area contributed by atoms with Crippen LogP contribution in [-0.2, 0) is 11.2 Å². The number of phenols is 1. The number of hydrogen-bond donors (Lipinski definition) is 2. The molecule has 0 saturated carbocycles. The van der Waals surface area contributed by atoms with Crippen LogP contribution in [0.1, 0.15) is 42.0 Å². The fourth-order valence-electron chi connectivity index (χ4n) is 2.58. The SMILES string of the molecule is Cc1c(OCC(=O)O)cc(Cl)c(Cc2ccc(O)c(C(C)C)c2)c1Cl. The summed E-state index contributed by atoms with van der Waals surface area (Å²) in [6.45, 7) is 5.33. The van der Waals surface area contributed by atoms with Gasteiger partial charge in [-0.1, -0.05) is 49.2 Å². The average Bonchev–Trinajstić information content (AvgIpc) is 2.54. The highest BCUT2D eigenvalue weighted by Crippen LogP contribution is 2.37. The summed E-state index contributed by atoms with van der Waals surface area (Å²) in [5, 5.41) is 19.5. The van der Waals surface area contributed by atoms with E-state index < -0.39 is 12.6 Å². The van der Waals surface area contributed by atoms with Gasteiger partial charge in [-0.3, -0.25) is 0 Å². The van der Waals surface area contributed by atoms with E-state index in [1.165, 1.54) is 0 Å². The van der Waals surface area contributed by atoms with Gasteiger partial charge in [0.2, 0.25) is 0 Å². The summed E-state index contributed by atoms with van der Waals surface area (Å²) in [6, 6.07) is 7.03. The van der Waals surface area contributed by atoms with Crippen LogP contribution in [0.25, 0.3) is 0 Å². The van der Waals surface area contributed by atoms with E-state index in [1.54, 1.807) is 19.1 Å². The molecule has 0 radical (unpaired) electrons. The minimum atomic E-state index is -1.07. The Kier molecular flexibility index (Phi) is 6.20. The number of carbonyl (C=O) groups is 1. The number of carboxylic acids is 1. The molecule has 0 heterocycles. The summed E-state index contributed by atoms with van der Waals surface area (Å²) in [7, 11) is 0. The smallest absolute Gasteiger partial charge is 0.341 e. The summed E-state index contributed by atoms with van der Waals surface area (Å²) < 4.78 is 5.23. The van der Waals surface area contributed by atoms with Crippen molar-refractivity contribution in [2.45, 2.75) is 33.1 Å². The monoisotopic (exact) mass is 382 g/mol. The maximum atomic E-state index is 10.7. The molecule has 0 fully saturated rings. The number of phenolic OH excluding ortho intramolecular Hbond substituents is 1. The van der Waals surface area contributed by atoms with Crippen LogP contribution >= 0.6 is 23.2 Å². The van der Waals surface area contributed by atoms with Crippen LogP contribution in [0.5, 0.6) is 11.5 Å². The van der Waals surface area contributed by atoms with E-state index in [0.717, 1.165) is 16.7 Å². The lowest BCUT2D eigenvalue weighted by Gasteiger charge is -2.16. The number of aliphatic carboxylic acids is 1. The summed E-state index contributed by atoms with van der Waals surface area (Å²) in [4.78, 5) is 10.7. The summed E-state index contributed by atoms with van der Waals surface area (Å²) in [6.07, 6.45) is 0.498. The fourth-order valence-corrected chi connectivity index (χ4v) is 3.15. The fraction of sp³-hybridized carbons (Fsp3) is 0.316. The minimum Gasteiger partial charge on any atom is -0.508 e. The summed E-state index contributed by atoms with van der Waals surface area (Å²) in [5.74, 6) is -0.250. The quantitative estimate of drug-likeness (QED) is 0.721. The highest BCUT2D eigenvalue weighted by Gasteiger charge is 2.16. The Balaban J connectivity index is 2.36. The summed E-state index contributed by atoms with van der Waals surface area (Å²) >= 11 is 12.8. The van der Waals surface area contributed by atoms with Crippen molar-refractivity contribution >= 4 is 29.2 Å². The number of ether oxygens (including phenoxy) is 1. The second-order valence-corrected chi connectivity index (χ2v) is 6.97. The Morgan fingerprint density at radius 2 is 1.92 bits per heavy atom. The van der Waals surface area contributed by atoms with Crippen LogP contribution in [0.15, 0.2) is 24.3 Å². The maximum Gasteiger partial charge on any atom is 0.341 e. The molecule has 0 aliphatic rings. The molecule has 0 aliphatic carbocycles. The third kappa shape index (κ3) is 4.59. The van der Waals surface area contributed by atoms with Crippen molar-refractivity contribution in [2.75, 3.05) is 6.61 Å². The molecule has 0 atom stereocenters. The first-order chi connectivity index (χ1) is 11.7. The van der Waals surface area contributed by atoms with E-state index in [4.69, 9.17) is 33.0 Å². The number of carboxylic acid groups (broad SMARTS) is 1. The van der Waals surface area contributed by atoms with Crippen LogP contribution < -0.4 is 4.74 Å². The third-order valence-corrected chi connectivity index (χ3v) is 4.80. The third-order valence-electron chi connectivity index (χ3n) is 3.96. The molecule has 2 N–H and O–H groups in total. The zero-order valence-corrected chi connectivity index (χ0v) is 15.8. The molecule has 2 aromatic carbocycles. The molecule has 134 valence electrons. The first kappa shape index (κ1) is 19.4. The van der Waals surface area contributed by atoms with Gasteiger partial charge in [0.15, 0.2) is 6.61 Å². The summed E-state index contributed by atoms with van der Waals surface area (Å²) in [5.41, 5.74) is 3.22. The highest BCUT2D eigenvalue weighted by molar-refractivity contribution is 6.36. The topological polar surface area (TPSA) is 66.8 Å². The van der Waals surface area contributed by atoms with Crippen LogP contribution in [0.3, 0.4) is 0 Å². The lowest BCUT2D eigenvalue weighted by molar-refractivity contribution is -0.139. The van der Waals surface area contributed by atoms with Gasteiger partial charge >= 0.3 is 5.97 Å². The van der Waals surface area contributed by atoms with Gasteiger partial charge in [-0.2, -0.15) is 0 Å². The highest BCUT2D eigenvalue weighted by atomic mass is 35.5. The van der Waals surface area contributed by atoms with Crippen LogP contribution in [0, 0.1) is 6.92 Å². The molecule has 4 nitrogen and oxygen atoms in total. The predicted octanol–water partition coefficient (Wildman–Crippen LogP) is 5.19. The number of halogens is 2. The van der Waals surface area contributed by atoms with E-state index >= 15 is 0 Å². The second kappa shape index (κ2) is 7.98. The van der Waals surface area contributed by atoms with Gasteiger partial charge < -0.3 is 14.9 Å². The Morgan fingerprint density at radius 1 is 1.24 bits per heavy atom. The standard InChI is InChI=1S/C19H20Cl2O4/c1-10(2)13-6-12(4-5-16(13)22)7-14-15(20)8-17(11(3)19(14)21)25-9-18(23)24/h4-6,8,10,22H,7,9H2,1-3H3,(H,23,24). The van der Waals surface area contributed by atoms with Crippen molar-refractivity contribution in [1.29, 1.82) is 0 Å². The van der Waals surface area contributed by atoms with Gasteiger partial charge in [0.05, 0.1) is 5.02 Å². The average molecular weight is 383 g/mol. The Morgan fingerprint density at radius 3 is 2.52 bits per heavy atom. The minimum absolute atomic E-state index is 0.194. The van der Waals surface area contributed by atoms with Crippen LogP contribution in [-0.4, -0.2) is 22.8 Å². The van der Waals surface area contributed by atoms with Crippen LogP contribution in [0.2, 0.25) is 10.0 Å². The van der Waals surface area contributed by atoms with Crippen molar-refractivity contribution in [1.82, 2.24) is 0 Å². The molecule has 0 spiro atoms. The largest absolute Gasteiger partial charge is 0.508 e. The first-order valence-corrected chi connectivity index (χ1v) is 8.60. The van der Waals surface area contributed by atoms with E-state index in [1.807, 2.05) is 26.0 Å². The van der Waals surface area contributed by atoms with Gasteiger partial charge in [-0.05, 0) is 41.7 Å². The number of rotatable bonds is 6. The second-order valence-electron chi connectivity index (χ2n) is 6.18. The Labute approximate surface area is 157 Å². The lowest BCUT2D eigenvalue weighted by atomic mass is 9.96. The zero-order chi connectivity index (χ0) is 18.7. The molecule has 25 heavy (non-hydrogen) atoms. The molecule has 2 aromatic rings. The van der Waals surface area contributed by atoms with Gasteiger partial charge in [0.1, 0.15) is 11.5 Å². The van der Waals surface area contributed by atoms with Gasteiger partial charge in [0, 0.05) is 17.0 Å². The molecular weight excluding hydrogens is 363 g/mol. The normalized spacial score (nSPS) is 11.0. The Bertz CT molecular complexity index is 800. The molecule has 0 saturated heterocycles. The van der Waals surface area contributed by atoms with Gasteiger partial charge in [0.25, 0.3) is 0 Å². The molecular formula is C19H20Cl2O4. The van der Waals surface area contributed by atoms with Crippen molar-refractivity contribution in [2.24, 2.45) is 0 Å². The van der Waals surface area contributed by atoms with Gasteiger partial charge in [-0.25, -0.2) is 4.79 Å². The molecule has 0 aliphatic heterocycles. The molecule has 0 bridgehead atoms. The predicted molar refractivity (Wildman–Crippen MR) is 99.3 cm³/mol. The number of benzene rings is 2. The lowest BCUT2D eigenvalue weighted by Crippen LogP contribution is -2.10. The van der Waals surface area contributed by atoms with E-state index in [-0.39, 0.29) is 11.7 Å². The van der Waals surface area contributed by atoms with Gasteiger partial charge in [-0.15, -0.1) is 0 Å². The number of aromatic hydroxyl groups is 1. The van der Waals surface area contributed by atoms with Crippen molar-refractivity contribution in [3.05, 3.63) is 56.6 Å². The zero-order valence-electron chi connectivity index (χ0n) is 14.3. The van der Waals surface area contributed by atoms with E-state index in [2.05, 4.69) is 0 Å². The maximum absolute atomic E-state index is 10.7. The van der Waals surface area contributed by atoms with Crippen molar-refractivity contribution < 1.29 is 19.7 Å². The Hall–Kier alpha value is -1.91. The molecule has 2 rings (SSSR count). The first-order valence-electron chi connectivity index (χ1n) is 7.84. The van der Waals surface area contributed by atoms with Crippen LogP contribution in [0.4, 0.5) is 0 Å². The molecule has 0 unspecified atom stereocenters. The van der Waals surface area contributed by atoms with Crippen molar-refractivity contribution in [3.63, 3.8) is 0 Å². The molecule has 0 aromatic heterocycles. The molecule has 0 amide bonds. The van der Waals surface area contributed by atoms with E-state index in [0.29, 0.717) is 27.8 Å². The number of hydrogen-bond acceptors (Lipinski definition) is 3. The molecule has 6 heteroatoms. The van der Waals surface area contributed by atoms with E-state index in [9.17, 15) is 9.90 Å².